The molecule has 5 heteroatoms. The average Bonchev–Trinajstić information content (AvgIpc) is 3.15. The summed E-state index contributed by atoms with van der Waals surface area (Å²) in [4.78, 5) is 15.1. The lowest BCUT2D eigenvalue weighted by atomic mass is 10.1. The van der Waals surface area contributed by atoms with Crippen molar-refractivity contribution in [1.29, 1.82) is 0 Å². The Morgan fingerprint density at radius 3 is 2.27 bits per heavy atom. The van der Waals surface area contributed by atoms with Crippen LogP contribution in [-0.4, -0.2) is 15.7 Å². The minimum absolute atomic E-state index is 0.413. The van der Waals surface area contributed by atoms with Gasteiger partial charge in [0, 0.05) is 4.90 Å². The number of hydrogen-bond donors (Lipinski definition) is 0. The Balaban J connectivity index is 1.55. The van der Waals surface area contributed by atoms with E-state index >= 15 is 0 Å². The van der Waals surface area contributed by atoms with Crippen molar-refractivity contribution in [1.82, 2.24) is 9.78 Å². The predicted molar refractivity (Wildman–Crippen MR) is 133 cm³/mol. The van der Waals surface area contributed by atoms with E-state index in [2.05, 4.69) is 31.2 Å². The predicted octanol–water partition coefficient (Wildman–Crippen LogP) is 7.01. The fourth-order valence-corrected chi connectivity index (χ4v) is 4.54. The minimum atomic E-state index is -0.413. The number of hydrogen-bond acceptors (Lipinski definition) is 4. The Kier molecular flexibility index (Phi) is 5.71. The number of aryl methyl sites for hydroxylation is 2. The first-order valence-electron chi connectivity index (χ1n) is 10.7. The second kappa shape index (κ2) is 8.96. The zero-order chi connectivity index (χ0) is 22.8. The first kappa shape index (κ1) is 21.0. The highest BCUT2D eigenvalue weighted by Gasteiger charge is 2.23. The molecular formula is C28H22N2O2S. The molecule has 0 saturated heterocycles. The molecule has 0 atom stereocenters. The normalized spacial score (nSPS) is 11.0. The number of fused-ring (bicyclic) bond motifs is 1. The van der Waals surface area contributed by atoms with Crippen LogP contribution in [-0.2, 0) is 0 Å². The molecule has 1 aromatic heterocycles. The molecule has 162 valence electrons. The Bertz CT molecular complexity index is 1440. The van der Waals surface area contributed by atoms with Gasteiger partial charge < -0.3 is 4.74 Å². The van der Waals surface area contributed by atoms with Crippen LogP contribution in [0.15, 0.2) is 107 Å². The lowest BCUT2D eigenvalue weighted by molar-refractivity contribution is 0.0718. The van der Waals surface area contributed by atoms with E-state index < -0.39 is 5.97 Å². The van der Waals surface area contributed by atoms with Crippen molar-refractivity contribution in [3.05, 3.63) is 114 Å². The van der Waals surface area contributed by atoms with Gasteiger partial charge in [0.05, 0.1) is 21.8 Å². The second-order valence-corrected chi connectivity index (χ2v) is 8.92. The third-order valence-electron chi connectivity index (χ3n) is 5.38. The highest BCUT2D eigenvalue weighted by molar-refractivity contribution is 7.99. The average molecular weight is 451 g/mol. The van der Waals surface area contributed by atoms with Crippen LogP contribution >= 0.6 is 11.8 Å². The van der Waals surface area contributed by atoms with Crippen LogP contribution in [0.5, 0.6) is 5.88 Å². The van der Waals surface area contributed by atoms with Gasteiger partial charge in [0.15, 0.2) is 0 Å². The molecule has 0 aliphatic carbocycles. The maximum Gasteiger partial charge on any atom is 0.344 e. The summed E-state index contributed by atoms with van der Waals surface area (Å²) in [5.41, 5.74) is 3.32. The maximum absolute atomic E-state index is 13.2. The van der Waals surface area contributed by atoms with Crippen LogP contribution in [0.2, 0.25) is 0 Å². The lowest BCUT2D eigenvalue weighted by Gasteiger charge is -2.11. The number of benzene rings is 4. The van der Waals surface area contributed by atoms with Crippen LogP contribution in [0.25, 0.3) is 16.5 Å². The molecular weight excluding hydrogens is 428 g/mol. The quantitative estimate of drug-likeness (QED) is 0.270. The number of esters is 1. The van der Waals surface area contributed by atoms with E-state index in [9.17, 15) is 4.79 Å². The lowest BCUT2D eigenvalue weighted by Crippen LogP contribution is -2.12. The number of carbonyl (C=O) groups excluding carboxylic acids is 1. The Morgan fingerprint density at radius 1 is 0.818 bits per heavy atom. The van der Waals surface area contributed by atoms with Gasteiger partial charge in [0.1, 0.15) is 0 Å². The van der Waals surface area contributed by atoms with E-state index in [4.69, 9.17) is 9.84 Å². The summed E-state index contributed by atoms with van der Waals surface area (Å²) in [5.74, 6) is 0.00558. The topological polar surface area (TPSA) is 44.1 Å². The molecule has 4 aromatic carbocycles. The van der Waals surface area contributed by atoms with E-state index in [1.807, 2.05) is 73.7 Å². The van der Waals surface area contributed by atoms with Gasteiger partial charge in [-0.3, -0.25) is 0 Å². The molecule has 33 heavy (non-hydrogen) atoms. The molecule has 0 radical (unpaired) electrons. The fourth-order valence-electron chi connectivity index (χ4n) is 3.63. The smallest absolute Gasteiger partial charge is 0.344 e. The fraction of sp³-hybridized carbons (Fsp3) is 0.0714. The Morgan fingerprint density at radius 2 is 1.52 bits per heavy atom. The zero-order valence-corrected chi connectivity index (χ0v) is 19.2. The summed E-state index contributed by atoms with van der Waals surface area (Å²) in [6, 6.07) is 31.5. The van der Waals surface area contributed by atoms with Gasteiger partial charge in [-0.25, -0.2) is 4.79 Å². The highest BCUT2D eigenvalue weighted by Crippen LogP contribution is 2.39. The van der Waals surface area contributed by atoms with Gasteiger partial charge in [0.25, 0.3) is 0 Å². The molecule has 0 fully saturated rings. The summed E-state index contributed by atoms with van der Waals surface area (Å²) < 4.78 is 7.72. The van der Waals surface area contributed by atoms with Crippen molar-refractivity contribution < 1.29 is 9.53 Å². The molecule has 0 spiro atoms. The number of carbonyl (C=O) groups is 1. The minimum Gasteiger partial charge on any atom is -0.402 e. The third-order valence-corrected chi connectivity index (χ3v) is 6.56. The summed E-state index contributed by atoms with van der Waals surface area (Å²) in [6.45, 7) is 3.99. The molecule has 1 heterocycles. The summed E-state index contributed by atoms with van der Waals surface area (Å²) >= 11 is 1.54. The molecule has 0 amide bonds. The van der Waals surface area contributed by atoms with Crippen molar-refractivity contribution >= 4 is 28.5 Å². The molecule has 0 aliphatic rings. The van der Waals surface area contributed by atoms with Gasteiger partial charge >= 0.3 is 5.97 Å². The van der Waals surface area contributed by atoms with Gasteiger partial charge in [-0.15, -0.1) is 0 Å². The van der Waals surface area contributed by atoms with E-state index in [-0.39, 0.29) is 0 Å². The van der Waals surface area contributed by atoms with Crippen LogP contribution in [0, 0.1) is 13.8 Å². The van der Waals surface area contributed by atoms with E-state index in [1.165, 1.54) is 5.56 Å². The van der Waals surface area contributed by atoms with Crippen LogP contribution in [0.1, 0.15) is 21.6 Å². The SMILES string of the molecule is Cc1ccc(Sc2c(C)nn(-c3ccccc3)c2OC(=O)c2ccc3ccccc3c2)cc1. The maximum atomic E-state index is 13.2. The van der Waals surface area contributed by atoms with Crippen molar-refractivity contribution in [2.75, 3.05) is 0 Å². The summed E-state index contributed by atoms with van der Waals surface area (Å²) in [5, 5.41) is 6.78. The number of nitrogens with zero attached hydrogens (tertiary/aromatic N) is 2. The molecule has 0 bridgehead atoms. The Hall–Kier alpha value is -3.83. The van der Waals surface area contributed by atoms with Crippen LogP contribution in [0.3, 0.4) is 0 Å². The number of rotatable bonds is 5. The first-order valence-corrected chi connectivity index (χ1v) is 11.5. The van der Waals surface area contributed by atoms with Gasteiger partial charge in [-0.1, -0.05) is 78.0 Å². The summed E-state index contributed by atoms with van der Waals surface area (Å²) in [6.07, 6.45) is 0. The van der Waals surface area contributed by atoms with Crippen LogP contribution < -0.4 is 4.74 Å². The van der Waals surface area contributed by atoms with Gasteiger partial charge in [-0.2, -0.15) is 9.78 Å². The monoisotopic (exact) mass is 450 g/mol. The molecule has 0 N–H and O–H groups in total. The second-order valence-electron chi connectivity index (χ2n) is 7.83. The van der Waals surface area contributed by atoms with Gasteiger partial charge in [-0.05, 0) is 61.0 Å². The molecule has 5 rings (SSSR count). The molecule has 4 nitrogen and oxygen atoms in total. The molecule has 0 unspecified atom stereocenters. The zero-order valence-electron chi connectivity index (χ0n) is 18.4. The number of aromatic nitrogens is 2. The Labute approximate surface area is 196 Å². The molecule has 0 saturated carbocycles. The van der Waals surface area contributed by atoms with E-state index in [0.717, 1.165) is 31.9 Å². The highest BCUT2D eigenvalue weighted by atomic mass is 32.2. The van der Waals surface area contributed by atoms with Crippen molar-refractivity contribution in [3.8, 4) is 11.6 Å². The molecule has 5 aromatic rings. The van der Waals surface area contributed by atoms with Crippen molar-refractivity contribution in [2.45, 2.75) is 23.6 Å². The first-order chi connectivity index (χ1) is 16.1. The number of para-hydroxylation sites is 1. The van der Waals surface area contributed by atoms with Crippen molar-refractivity contribution in [2.24, 2.45) is 0 Å². The third kappa shape index (κ3) is 4.41. The van der Waals surface area contributed by atoms with Crippen LogP contribution in [0.4, 0.5) is 0 Å². The largest absolute Gasteiger partial charge is 0.402 e. The summed E-state index contributed by atoms with van der Waals surface area (Å²) in [7, 11) is 0. The van der Waals surface area contributed by atoms with E-state index in [0.29, 0.717) is 11.4 Å². The standard InChI is InChI=1S/C28H22N2O2S/c1-19-12-16-25(17-13-19)33-26-20(2)29-30(24-10-4-3-5-11-24)27(26)32-28(31)23-15-14-21-8-6-7-9-22(21)18-23/h3-18H,1-2H3. The van der Waals surface area contributed by atoms with E-state index in [1.54, 1.807) is 22.5 Å². The number of ether oxygens (including phenoxy) is 1. The van der Waals surface area contributed by atoms with Crippen molar-refractivity contribution in [3.63, 3.8) is 0 Å². The molecule has 0 aliphatic heterocycles. The van der Waals surface area contributed by atoms with Gasteiger partial charge in [0.2, 0.25) is 5.88 Å².